The van der Waals surface area contributed by atoms with Gasteiger partial charge in [-0.2, -0.15) is 0 Å². The number of hydrogen-bond donors (Lipinski definition) is 0. The van der Waals surface area contributed by atoms with E-state index in [2.05, 4.69) is 0 Å². The maximum Gasteiger partial charge on any atom is 0.253 e. The maximum atomic E-state index is 13.8. The molecule has 1 amide bonds. The number of benzene rings is 2. The van der Waals surface area contributed by atoms with Crippen LogP contribution < -0.4 is 4.90 Å². The Morgan fingerprint density at radius 2 is 1.39 bits per heavy atom. The van der Waals surface area contributed by atoms with Crippen LogP contribution in [0.4, 0.5) is 18.9 Å². The molecule has 0 bridgehead atoms. The minimum atomic E-state index is -0.608. The van der Waals surface area contributed by atoms with Gasteiger partial charge in [0.2, 0.25) is 0 Å². The molecule has 1 fully saturated rings. The Hall–Kier alpha value is -2.50. The molecule has 0 unspecified atom stereocenters. The fourth-order valence-corrected chi connectivity index (χ4v) is 2.70. The lowest BCUT2D eigenvalue weighted by atomic mass is 10.1. The van der Waals surface area contributed by atoms with E-state index in [0.717, 1.165) is 0 Å². The summed E-state index contributed by atoms with van der Waals surface area (Å²) in [6.07, 6.45) is 0. The number of carbonyl (C=O) groups is 1. The van der Waals surface area contributed by atoms with Crippen LogP contribution in [0.25, 0.3) is 0 Å². The summed E-state index contributed by atoms with van der Waals surface area (Å²) in [5.41, 5.74) is 0.346. The largest absolute Gasteiger partial charge is 0.363 e. The van der Waals surface area contributed by atoms with E-state index < -0.39 is 17.5 Å². The zero-order chi connectivity index (χ0) is 16.4. The van der Waals surface area contributed by atoms with Crippen molar-refractivity contribution in [2.45, 2.75) is 0 Å². The number of carbonyl (C=O) groups excluding carboxylic acids is 1. The Balaban J connectivity index is 1.69. The molecule has 0 atom stereocenters. The fourth-order valence-electron chi connectivity index (χ4n) is 2.70. The molecular weight excluding hydrogens is 305 g/mol. The summed E-state index contributed by atoms with van der Waals surface area (Å²) in [7, 11) is 0. The monoisotopic (exact) mass is 320 g/mol. The van der Waals surface area contributed by atoms with Gasteiger partial charge in [-0.3, -0.25) is 4.79 Å². The van der Waals surface area contributed by atoms with Gasteiger partial charge in [-0.15, -0.1) is 0 Å². The molecule has 2 aromatic rings. The second kappa shape index (κ2) is 6.32. The first-order valence-electron chi connectivity index (χ1n) is 7.30. The smallest absolute Gasteiger partial charge is 0.253 e. The average molecular weight is 320 g/mol. The van der Waals surface area contributed by atoms with E-state index in [1.807, 2.05) is 0 Å². The number of para-hydroxylation sites is 1. The van der Waals surface area contributed by atoms with Crippen molar-refractivity contribution >= 4 is 11.6 Å². The molecular formula is C17H15F3N2O. The molecule has 0 saturated carbocycles. The van der Waals surface area contributed by atoms with E-state index in [9.17, 15) is 18.0 Å². The van der Waals surface area contributed by atoms with Gasteiger partial charge in [0.05, 0.1) is 0 Å². The zero-order valence-corrected chi connectivity index (χ0v) is 12.3. The second-order valence-electron chi connectivity index (χ2n) is 5.36. The van der Waals surface area contributed by atoms with Crippen molar-refractivity contribution in [1.29, 1.82) is 0 Å². The number of halogens is 3. The molecule has 1 heterocycles. The van der Waals surface area contributed by atoms with Crippen molar-refractivity contribution in [3.05, 3.63) is 65.5 Å². The summed E-state index contributed by atoms with van der Waals surface area (Å²) in [6, 6.07) is 9.09. The minimum absolute atomic E-state index is 0.0543. The van der Waals surface area contributed by atoms with Gasteiger partial charge in [0, 0.05) is 31.7 Å². The molecule has 1 aliphatic heterocycles. The molecule has 0 aliphatic carbocycles. The van der Waals surface area contributed by atoms with Crippen LogP contribution in [0.15, 0.2) is 42.5 Å². The Morgan fingerprint density at radius 1 is 0.826 bits per heavy atom. The highest BCUT2D eigenvalue weighted by atomic mass is 19.1. The van der Waals surface area contributed by atoms with E-state index in [0.29, 0.717) is 31.7 Å². The lowest BCUT2D eigenvalue weighted by Crippen LogP contribution is -2.49. The van der Waals surface area contributed by atoms with Gasteiger partial charge < -0.3 is 9.80 Å². The Kier molecular flexibility index (Phi) is 4.23. The third-order valence-electron chi connectivity index (χ3n) is 3.91. The first-order valence-corrected chi connectivity index (χ1v) is 7.30. The van der Waals surface area contributed by atoms with Crippen molar-refractivity contribution in [3.8, 4) is 0 Å². The van der Waals surface area contributed by atoms with Gasteiger partial charge in [0.1, 0.15) is 23.1 Å². The first-order chi connectivity index (χ1) is 11.1. The number of rotatable bonds is 2. The van der Waals surface area contributed by atoms with E-state index in [1.54, 1.807) is 9.80 Å². The summed E-state index contributed by atoms with van der Waals surface area (Å²) in [5.74, 6) is -1.83. The van der Waals surface area contributed by atoms with E-state index in [-0.39, 0.29) is 11.6 Å². The van der Waals surface area contributed by atoms with Crippen molar-refractivity contribution in [2.75, 3.05) is 31.1 Å². The van der Waals surface area contributed by atoms with Crippen LogP contribution in [0.2, 0.25) is 0 Å². The molecule has 1 aliphatic rings. The molecule has 120 valence electrons. The minimum Gasteiger partial charge on any atom is -0.363 e. The van der Waals surface area contributed by atoms with Gasteiger partial charge in [-0.05, 0) is 36.4 Å². The predicted molar refractivity (Wildman–Crippen MR) is 80.9 cm³/mol. The van der Waals surface area contributed by atoms with E-state index in [4.69, 9.17) is 0 Å². The standard InChI is InChI=1S/C17H15F3N2O/c18-13-6-4-12(5-7-13)17(23)22-10-8-21(9-11-22)16-14(19)2-1-3-15(16)20/h1-7H,8-11H2. The van der Waals surface area contributed by atoms with Crippen LogP contribution in [-0.4, -0.2) is 37.0 Å². The topological polar surface area (TPSA) is 23.6 Å². The van der Waals surface area contributed by atoms with Crippen molar-refractivity contribution in [2.24, 2.45) is 0 Å². The van der Waals surface area contributed by atoms with Crippen LogP contribution in [0.1, 0.15) is 10.4 Å². The number of piperazine rings is 1. The quantitative estimate of drug-likeness (QED) is 0.849. The molecule has 1 saturated heterocycles. The van der Waals surface area contributed by atoms with Gasteiger partial charge in [-0.25, -0.2) is 13.2 Å². The van der Waals surface area contributed by atoms with Gasteiger partial charge in [-0.1, -0.05) is 6.07 Å². The summed E-state index contributed by atoms with van der Waals surface area (Å²) < 4.78 is 40.5. The first kappa shape index (κ1) is 15.4. The Bertz CT molecular complexity index is 690. The molecule has 3 rings (SSSR count). The Morgan fingerprint density at radius 3 is 1.96 bits per heavy atom. The van der Waals surface area contributed by atoms with Crippen LogP contribution in [0.5, 0.6) is 0 Å². The number of anilines is 1. The van der Waals surface area contributed by atoms with Crippen molar-refractivity contribution in [3.63, 3.8) is 0 Å². The molecule has 0 spiro atoms. The Labute approximate surface area is 131 Å². The van der Waals surface area contributed by atoms with Crippen LogP contribution in [0, 0.1) is 17.5 Å². The second-order valence-corrected chi connectivity index (χ2v) is 5.36. The predicted octanol–water partition coefficient (Wildman–Crippen LogP) is 3.07. The van der Waals surface area contributed by atoms with Crippen LogP contribution in [-0.2, 0) is 0 Å². The van der Waals surface area contributed by atoms with Gasteiger partial charge in [0.15, 0.2) is 0 Å². The van der Waals surface area contributed by atoms with Crippen LogP contribution >= 0.6 is 0 Å². The van der Waals surface area contributed by atoms with E-state index >= 15 is 0 Å². The highest BCUT2D eigenvalue weighted by Crippen LogP contribution is 2.24. The average Bonchev–Trinajstić information content (AvgIpc) is 2.55. The molecule has 0 radical (unpaired) electrons. The highest BCUT2D eigenvalue weighted by molar-refractivity contribution is 5.94. The molecule has 23 heavy (non-hydrogen) atoms. The van der Waals surface area contributed by atoms with E-state index in [1.165, 1.54) is 42.5 Å². The maximum absolute atomic E-state index is 13.8. The normalized spacial score (nSPS) is 14.9. The third-order valence-corrected chi connectivity index (χ3v) is 3.91. The summed E-state index contributed by atoms with van der Waals surface area (Å²) >= 11 is 0. The lowest BCUT2D eigenvalue weighted by Gasteiger charge is -2.36. The fraction of sp³-hybridized carbons (Fsp3) is 0.235. The van der Waals surface area contributed by atoms with Crippen molar-refractivity contribution < 1.29 is 18.0 Å². The molecule has 0 N–H and O–H groups in total. The zero-order valence-electron chi connectivity index (χ0n) is 12.3. The summed E-state index contributed by atoms with van der Waals surface area (Å²) in [6.45, 7) is 1.38. The molecule has 0 aromatic heterocycles. The molecule has 3 nitrogen and oxygen atoms in total. The molecule has 6 heteroatoms. The van der Waals surface area contributed by atoms with Crippen LogP contribution in [0.3, 0.4) is 0 Å². The summed E-state index contributed by atoms with van der Waals surface area (Å²) in [5, 5.41) is 0. The molecule has 2 aromatic carbocycles. The number of amides is 1. The van der Waals surface area contributed by atoms with Gasteiger partial charge in [0.25, 0.3) is 5.91 Å². The van der Waals surface area contributed by atoms with Crippen molar-refractivity contribution in [1.82, 2.24) is 4.90 Å². The van der Waals surface area contributed by atoms with Gasteiger partial charge >= 0.3 is 0 Å². The highest BCUT2D eigenvalue weighted by Gasteiger charge is 2.25. The summed E-state index contributed by atoms with van der Waals surface area (Å²) in [4.78, 5) is 15.5. The number of hydrogen-bond acceptors (Lipinski definition) is 2. The third kappa shape index (κ3) is 3.16. The lowest BCUT2D eigenvalue weighted by molar-refractivity contribution is 0.0746. The number of nitrogens with zero attached hydrogens (tertiary/aromatic N) is 2. The SMILES string of the molecule is O=C(c1ccc(F)cc1)N1CCN(c2c(F)cccc2F)CC1.